The van der Waals surface area contributed by atoms with Crippen molar-refractivity contribution >= 4 is 27.0 Å². The second kappa shape index (κ2) is 2.09. The zero-order chi connectivity index (χ0) is 6.97. The van der Waals surface area contributed by atoms with Crippen LogP contribution in [0.5, 0.6) is 0 Å². The highest BCUT2D eigenvalue weighted by Crippen LogP contribution is 2.15. The number of halogens is 1. The van der Waals surface area contributed by atoms with E-state index in [4.69, 9.17) is 0 Å². The van der Waals surface area contributed by atoms with Crippen LogP contribution in [0.1, 0.15) is 0 Å². The molecule has 0 aromatic carbocycles. The van der Waals surface area contributed by atoms with E-state index in [0.717, 1.165) is 15.6 Å². The molecular weight excluding hydrogens is 192 g/mol. The molecule has 2 aromatic heterocycles. The lowest BCUT2D eigenvalue weighted by Gasteiger charge is -1.82. The number of hydrogen-bond donors (Lipinski definition) is 1. The Hall–Kier alpha value is -0.830. The number of fused-ring (bicyclic) bond motifs is 1. The van der Waals surface area contributed by atoms with E-state index in [1.807, 2.05) is 18.2 Å². The molecule has 0 saturated heterocycles. The molecule has 1 N–H and O–H groups in total. The van der Waals surface area contributed by atoms with Crippen molar-refractivity contribution in [2.45, 2.75) is 0 Å². The monoisotopic (exact) mass is 196 g/mol. The fourth-order valence-corrected chi connectivity index (χ4v) is 1.35. The van der Waals surface area contributed by atoms with Crippen LogP contribution in [0.2, 0.25) is 0 Å². The number of H-pyrrole nitrogens is 1. The second-order valence-electron chi connectivity index (χ2n) is 2.05. The van der Waals surface area contributed by atoms with Crippen LogP contribution in [-0.4, -0.2) is 9.97 Å². The Balaban J connectivity index is 2.88. The number of nitrogens with zero attached hydrogens (tertiary/aromatic N) is 1. The molecule has 0 aliphatic heterocycles. The maximum absolute atomic E-state index is 4.14. The summed E-state index contributed by atoms with van der Waals surface area (Å²) in [6.45, 7) is 0. The first kappa shape index (κ1) is 5.92. The minimum Gasteiger partial charge on any atom is -0.348 e. The maximum Gasteiger partial charge on any atom is 0.0890 e. The van der Waals surface area contributed by atoms with Crippen LogP contribution >= 0.6 is 15.9 Å². The molecule has 0 amide bonds. The van der Waals surface area contributed by atoms with Crippen molar-refractivity contribution in [2.24, 2.45) is 0 Å². The third kappa shape index (κ3) is 0.827. The van der Waals surface area contributed by atoms with Crippen molar-refractivity contribution in [1.29, 1.82) is 0 Å². The van der Waals surface area contributed by atoms with Gasteiger partial charge < -0.3 is 4.98 Å². The van der Waals surface area contributed by atoms with Crippen LogP contribution in [0.4, 0.5) is 0 Å². The van der Waals surface area contributed by atoms with Crippen LogP contribution in [0.15, 0.2) is 29.0 Å². The molecule has 2 aromatic rings. The maximum atomic E-state index is 4.14. The summed E-state index contributed by atoms with van der Waals surface area (Å²) in [5.41, 5.74) is 2.06. The lowest BCUT2D eigenvalue weighted by atomic mass is 10.4. The highest BCUT2D eigenvalue weighted by molar-refractivity contribution is 9.10. The second-order valence-corrected chi connectivity index (χ2v) is 2.91. The molecule has 0 spiro atoms. The molecule has 0 unspecified atom stereocenters. The third-order valence-electron chi connectivity index (χ3n) is 1.36. The quantitative estimate of drug-likeness (QED) is 0.689. The van der Waals surface area contributed by atoms with Gasteiger partial charge in [-0.05, 0) is 34.1 Å². The first-order valence-electron chi connectivity index (χ1n) is 2.95. The molecule has 3 heteroatoms. The van der Waals surface area contributed by atoms with Crippen molar-refractivity contribution in [3.05, 3.63) is 29.0 Å². The van der Waals surface area contributed by atoms with E-state index in [1.54, 1.807) is 6.20 Å². The van der Waals surface area contributed by atoms with E-state index in [1.165, 1.54) is 0 Å². The van der Waals surface area contributed by atoms with Gasteiger partial charge in [-0.25, -0.2) is 0 Å². The summed E-state index contributed by atoms with van der Waals surface area (Å²) in [6, 6.07) is 5.85. The summed E-state index contributed by atoms with van der Waals surface area (Å²) >= 11 is 3.33. The first-order valence-corrected chi connectivity index (χ1v) is 3.75. The standard InChI is InChI=1S/C7H5BrN2/c8-7-4-6-5(10-7)2-1-3-9-6/h1-4,10H. The summed E-state index contributed by atoms with van der Waals surface area (Å²) in [6.07, 6.45) is 1.78. The Morgan fingerprint density at radius 2 is 2.40 bits per heavy atom. The molecule has 0 fully saturated rings. The van der Waals surface area contributed by atoms with Gasteiger partial charge in [0.15, 0.2) is 0 Å². The fourth-order valence-electron chi connectivity index (χ4n) is 0.923. The zero-order valence-corrected chi connectivity index (χ0v) is 6.72. The van der Waals surface area contributed by atoms with Crippen molar-refractivity contribution in [2.75, 3.05) is 0 Å². The molecule has 2 rings (SSSR count). The summed E-state index contributed by atoms with van der Waals surface area (Å²) in [5.74, 6) is 0. The molecule has 2 heterocycles. The first-order chi connectivity index (χ1) is 4.86. The molecular formula is C7H5BrN2. The molecule has 50 valence electrons. The molecule has 0 atom stereocenters. The van der Waals surface area contributed by atoms with Gasteiger partial charge in [0.25, 0.3) is 0 Å². The number of nitrogens with one attached hydrogen (secondary N) is 1. The zero-order valence-electron chi connectivity index (χ0n) is 5.13. The van der Waals surface area contributed by atoms with E-state index in [9.17, 15) is 0 Å². The summed E-state index contributed by atoms with van der Waals surface area (Å²) < 4.78 is 0.973. The van der Waals surface area contributed by atoms with Gasteiger partial charge in [-0.15, -0.1) is 0 Å². The topological polar surface area (TPSA) is 28.7 Å². The van der Waals surface area contributed by atoms with Gasteiger partial charge in [0.1, 0.15) is 0 Å². The minimum absolute atomic E-state index is 0.973. The largest absolute Gasteiger partial charge is 0.348 e. The van der Waals surface area contributed by atoms with Crippen molar-refractivity contribution in [1.82, 2.24) is 9.97 Å². The SMILES string of the molecule is Brc1cc2ncccc2[nH]1. The fraction of sp³-hybridized carbons (Fsp3) is 0. The molecule has 0 saturated carbocycles. The molecule has 0 aliphatic rings. The van der Waals surface area contributed by atoms with E-state index in [-0.39, 0.29) is 0 Å². The number of aromatic amines is 1. The van der Waals surface area contributed by atoms with Gasteiger partial charge in [-0.1, -0.05) is 0 Å². The lowest BCUT2D eigenvalue weighted by Crippen LogP contribution is -1.69. The summed E-state index contributed by atoms with van der Waals surface area (Å²) in [7, 11) is 0. The number of rotatable bonds is 0. The van der Waals surface area contributed by atoms with Gasteiger partial charge in [0.05, 0.1) is 15.6 Å². The van der Waals surface area contributed by atoms with E-state index in [2.05, 4.69) is 25.9 Å². The van der Waals surface area contributed by atoms with E-state index in [0.29, 0.717) is 0 Å². The highest BCUT2D eigenvalue weighted by atomic mass is 79.9. The van der Waals surface area contributed by atoms with Crippen LogP contribution in [0, 0.1) is 0 Å². The number of aromatic nitrogens is 2. The lowest BCUT2D eigenvalue weighted by molar-refractivity contribution is 1.39. The Labute approximate surface area is 66.4 Å². The van der Waals surface area contributed by atoms with E-state index >= 15 is 0 Å². The van der Waals surface area contributed by atoms with Gasteiger partial charge in [-0.3, -0.25) is 4.98 Å². The van der Waals surface area contributed by atoms with Gasteiger partial charge in [0.2, 0.25) is 0 Å². The van der Waals surface area contributed by atoms with Crippen molar-refractivity contribution in [3.63, 3.8) is 0 Å². The van der Waals surface area contributed by atoms with Crippen LogP contribution < -0.4 is 0 Å². The number of hydrogen-bond acceptors (Lipinski definition) is 1. The van der Waals surface area contributed by atoms with Gasteiger partial charge in [0, 0.05) is 6.20 Å². The minimum atomic E-state index is 0.973. The molecule has 0 bridgehead atoms. The molecule has 2 nitrogen and oxygen atoms in total. The Kier molecular flexibility index (Phi) is 1.24. The summed E-state index contributed by atoms with van der Waals surface area (Å²) in [5, 5.41) is 0. The van der Waals surface area contributed by atoms with Gasteiger partial charge >= 0.3 is 0 Å². The molecule has 10 heavy (non-hydrogen) atoms. The number of pyridine rings is 1. The normalized spacial score (nSPS) is 10.5. The van der Waals surface area contributed by atoms with Crippen LogP contribution in [0.3, 0.4) is 0 Å². The Bertz CT molecular complexity index is 320. The Morgan fingerprint density at radius 3 is 3.20 bits per heavy atom. The van der Waals surface area contributed by atoms with Crippen molar-refractivity contribution < 1.29 is 0 Å². The Morgan fingerprint density at radius 1 is 1.50 bits per heavy atom. The summed E-state index contributed by atoms with van der Waals surface area (Å²) in [4.78, 5) is 7.25. The predicted octanol–water partition coefficient (Wildman–Crippen LogP) is 2.33. The highest BCUT2D eigenvalue weighted by Gasteiger charge is 1.95. The van der Waals surface area contributed by atoms with Crippen molar-refractivity contribution in [3.8, 4) is 0 Å². The average Bonchev–Trinajstić information content (AvgIpc) is 2.27. The van der Waals surface area contributed by atoms with Crippen LogP contribution in [0.25, 0.3) is 11.0 Å². The van der Waals surface area contributed by atoms with Gasteiger partial charge in [-0.2, -0.15) is 0 Å². The molecule has 0 radical (unpaired) electrons. The smallest absolute Gasteiger partial charge is 0.0890 e. The predicted molar refractivity (Wildman–Crippen MR) is 43.8 cm³/mol. The molecule has 0 aliphatic carbocycles. The van der Waals surface area contributed by atoms with E-state index < -0.39 is 0 Å². The van der Waals surface area contributed by atoms with Crippen LogP contribution in [-0.2, 0) is 0 Å². The average molecular weight is 197 g/mol. The third-order valence-corrected chi connectivity index (χ3v) is 1.78.